The molecule has 4 amide bonds. The van der Waals surface area contributed by atoms with Gasteiger partial charge >= 0.3 is 6.03 Å². The Balaban J connectivity index is 1.57. The molecular weight excluding hydrogens is 658 g/mol. The quantitative estimate of drug-likeness (QED) is 0.144. The van der Waals surface area contributed by atoms with Gasteiger partial charge in [-0.25, -0.2) is 9.18 Å². The molecule has 0 spiro atoms. The summed E-state index contributed by atoms with van der Waals surface area (Å²) in [5.41, 5.74) is 1.68. The number of methoxy groups -OCH3 is 1. The molecule has 1 saturated heterocycles. The molecule has 3 aromatic rings. The summed E-state index contributed by atoms with van der Waals surface area (Å²) in [6.45, 7) is 4.88. The van der Waals surface area contributed by atoms with Gasteiger partial charge in [0.15, 0.2) is 23.0 Å². The molecule has 0 unspecified atom stereocenters. The summed E-state index contributed by atoms with van der Waals surface area (Å²) in [5, 5.41) is 2.24. The molecule has 0 aliphatic carbocycles. The van der Waals surface area contributed by atoms with Gasteiger partial charge in [-0.2, -0.15) is 0 Å². The first-order chi connectivity index (χ1) is 20.2. The van der Waals surface area contributed by atoms with Crippen molar-refractivity contribution in [1.29, 1.82) is 0 Å². The normalized spacial score (nSPS) is 14.2. The number of urea groups is 1. The molecule has 1 heterocycles. The number of benzene rings is 3. The van der Waals surface area contributed by atoms with E-state index in [9.17, 15) is 18.8 Å². The van der Waals surface area contributed by atoms with Gasteiger partial charge in [-0.15, -0.1) is 0 Å². The SMILES string of the molecule is CCCOc1ccc(CN2C(=O)NC(=O)/C(=C\c3cc(I)c(OCc4ccc(F)cc4)c(OC)c3)C2=O)cc1OCC. The molecule has 1 aliphatic rings. The van der Waals surface area contributed by atoms with Crippen molar-refractivity contribution in [1.82, 2.24) is 10.2 Å². The van der Waals surface area contributed by atoms with Gasteiger partial charge in [-0.3, -0.25) is 19.8 Å². The van der Waals surface area contributed by atoms with Crippen LogP contribution < -0.4 is 24.3 Å². The van der Waals surface area contributed by atoms with Crippen molar-refractivity contribution in [2.45, 2.75) is 33.4 Å². The van der Waals surface area contributed by atoms with Gasteiger partial charge in [0.1, 0.15) is 18.0 Å². The van der Waals surface area contributed by atoms with Crippen LogP contribution in [0.1, 0.15) is 37.0 Å². The molecular formula is C31H30FIN2O7. The fourth-order valence-electron chi connectivity index (χ4n) is 4.14. The van der Waals surface area contributed by atoms with Crippen molar-refractivity contribution >= 4 is 46.5 Å². The van der Waals surface area contributed by atoms with E-state index < -0.39 is 17.8 Å². The monoisotopic (exact) mass is 688 g/mol. The summed E-state index contributed by atoms with van der Waals surface area (Å²) in [6, 6.07) is 13.7. The fraction of sp³-hybridized carbons (Fsp3) is 0.258. The Bertz CT molecular complexity index is 1510. The molecule has 11 heteroatoms. The molecule has 42 heavy (non-hydrogen) atoms. The van der Waals surface area contributed by atoms with E-state index in [4.69, 9.17) is 18.9 Å². The highest BCUT2D eigenvalue weighted by molar-refractivity contribution is 14.1. The third-order valence-electron chi connectivity index (χ3n) is 6.16. The van der Waals surface area contributed by atoms with E-state index in [1.807, 2.05) is 13.8 Å². The number of ether oxygens (including phenoxy) is 4. The second-order valence-corrected chi connectivity index (χ2v) is 10.4. The van der Waals surface area contributed by atoms with E-state index in [0.29, 0.717) is 50.9 Å². The van der Waals surface area contributed by atoms with Crippen LogP contribution in [-0.2, 0) is 22.7 Å². The number of nitrogens with one attached hydrogen (secondary N) is 1. The lowest BCUT2D eigenvalue weighted by Crippen LogP contribution is -2.53. The lowest BCUT2D eigenvalue weighted by Gasteiger charge is -2.26. The Hall–Kier alpha value is -4.13. The number of nitrogens with zero attached hydrogens (tertiary/aromatic N) is 1. The maximum absolute atomic E-state index is 13.4. The largest absolute Gasteiger partial charge is 0.493 e. The topological polar surface area (TPSA) is 103 Å². The number of rotatable bonds is 12. The highest BCUT2D eigenvalue weighted by Crippen LogP contribution is 2.36. The van der Waals surface area contributed by atoms with E-state index in [0.717, 1.165) is 16.9 Å². The molecule has 3 aromatic carbocycles. The molecule has 0 radical (unpaired) electrons. The lowest BCUT2D eigenvalue weighted by molar-refractivity contribution is -0.130. The number of halogens is 2. The van der Waals surface area contributed by atoms with Crippen LogP contribution in [0.2, 0.25) is 0 Å². The van der Waals surface area contributed by atoms with Crippen LogP contribution in [0.5, 0.6) is 23.0 Å². The molecule has 4 rings (SSSR count). The number of carbonyl (C=O) groups is 3. The number of amides is 4. The standard InChI is InChI=1S/C31H30FIN2O7/c1-4-12-41-25-11-8-20(15-26(25)40-5-2)17-35-30(37)23(29(36)34-31(35)38)13-21-14-24(33)28(27(16-21)39-3)42-18-19-6-9-22(32)10-7-19/h6-11,13-16H,4-5,12,17-18H2,1-3H3,(H,34,36,38)/b23-13+. The molecule has 220 valence electrons. The van der Waals surface area contributed by atoms with E-state index in [1.54, 1.807) is 42.5 Å². The zero-order valence-corrected chi connectivity index (χ0v) is 25.5. The van der Waals surface area contributed by atoms with Crippen LogP contribution in [-0.4, -0.2) is 43.1 Å². The minimum atomic E-state index is -0.817. The van der Waals surface area contributed by atoms with E-state index in [2.05, 4.69) is 27.9 Å². The highest BCUT2D eigenvalue weighted by Gasteiger charge is 2.36. The third kappa shape index (κ3) is 7.38. The zero-order valence-electron chi connectivity index (χ0n) is 23.4. The summed E-state index contributed by atoms with van der Waals surface area (Å²) < 4.78 is 36.7. The van der Waals surface area contributed by atoms with Gasteiger partial charge in [0, 0.05) is 0 Å². The zero-order chi connectivity index (χ0) is 30.2. The van der Waals surface area contributed by atoms with Crippen molar-refractivity contribution in [2.24, 2.45) is 0 Å². The second kappa shape index (κ2) is 14.2. The van der Waals surface area contributed by atoms with Gasteiger partial charge in [-0.1, -0.05) is 25.1 Å². The second-order valence-electron chi connectivity index (χ2n) is 9.22. The van der Waals surface area contributed by atoms with E-state index >= 15 is 0 Å². The average molecular weight is 688 g/mol. The van der Waals surface area contributed by atoms with Crippen molar-refractivity contribution in [2.75, 3.05) is 20.3 Å². The maximum Gasteiger partial charge on any atom is 0.331 e. The fourth-order valence-corrected chi connectivity index (χ4v) is 4.92. The Morgan fingerprint density at radius 1 is 0.905 bits per heavy atom. The molecule has 0 bridgehead atoms. The number of hydrogen-bond acceptors (Lipinski definition) is 7. The number of imide groups is 2. The van der Waals surface area contributed by atoms with Crippen LogP contribution in [0.25, 0.3) is 6.08 Å². The molecule has 1 N–H and O–H groups in total. The molecule has 0 saturated carbocycles. The summed E-state index contributed by atoms with van der Waals surface area (Å²) in [6.07, 6.45) is 2.23. The number of hydrogen-bond donors (Lipinski definition) is 1. The first-order valence-corrected chi connectivity index (χ1v) is 14.3. The van der Waals surface area contributed by atoms with Crippen LogP contribution in [0.3, 0.4) is 0 Å². The third-order valence-corrected chi connectivity index (χ3v) is 6.96. The predicted molar refractivity (Wildman–Crippen MR) is 162 cm³/mol. The molecule has 9 nitrogen and oxygen atoms in total. The molecule has 0 atom stereocenters. The maximum atomic E-state index is 13.4. The Kier molecular flexibility index (Phi) is 10.4. The Labute approximate surface area is 256 Å². The van der Waals surface area contributed by atoms with Gasteiger partial charge < -0.3 is 18.9 Å². The van der Waals surface area contributed by atoms with Crippen LogP contribution in [0.15, 0.2) is 60.2 Å². The first kappa shape index (κ1) is 30.8. The Morgan fingerprint density at radius 2 is 1.64 bits per heavy atom. The Morgan fingerprint density at radius 3 is 2.33 bits per heavy atom. The number of carbonyl (C=O) groups excluding carboxylic acids is 3. The minimum Gasteiger partial charge on any atom is -0.493 e. The summed E-state index contributed by atoms with van der Waals surface area (Å²) in [7, 11) is 1.47. The van der Waals surface area contributed by atoms with Crippen LogP contribution in [0, 0.1) is 9.39 Å². The van der Waals surface area contributed by atoms with Gasteiger partial charge in [0.25, 0.3) is 11.8 Å². The molecule has 1 fully saturated rings. The molecule has 1 aliphatic heterocycles. The van der Waals surface area contributed by atoms with Crippen molar-refractivity contribution in [3.8, 4) is 23.0 Å². The van der Waals surface area contributed by atoms with E-state index in [1.165, 1.54) is 25.3 Å². The van der Waals surface area contributed by atoms with Crippen molar-refractivity contribution in [3.05, 3.63) is 86.2 Å². The van der Waals surface area contributed by atoms with Gasteiger partial charge in [0.2, 0.25) is 0 Å². The first-order valence-electron chi connectivity index (χ1n) is 13.3. The molecule has 0 aromatic heterocycles. The van der Waals surface area contributed by atoms with Crippen LogP contribution >= 0.6 is 22.6 Å². The number of barbiturate groups is 1. The van der Waals surface area contributed by atoms with Crippen molar-refractivity contribution in [3.63, 3.8) is 0 Å². The van der Waals surface area contributed by atoms with Gasteiger partial charge in [0.05, 0.1) is 30.4 Å². The minimum absolute atomic E-state index is 0.0829. The summed E-state index contributed by atoms with van der Waals surface area (Å²) in [5.74, 6) is 0.0299. The highest BCUT2D eigenvalue weighted by atomic mass is 127. The van der Waals surface area contributed by atoms with Gasteiger partial charge in [-0.05, 0) is 95.1 Å². The average Bonchev–Trinajstić information content (AvgIpc) is 2.97. The smallest absolute Gasteiger partial charge is 0.331 e. The summed E-state index contributed by atoms with van der Waals surface area (Å²) in [4.78, 5) is 39.8. The van der Waals surface area contributed by atoms with Crippen molar-refractivity contribution < 1.29 is 37.7 Å². The lowest BCUT2D eigenvalue weighted by atomic mass is 10.1. The summed E-state index contributed by atoms with van der Waals surface area (Å²) >= 11 is 2.06. The van der Waals surface area contributed by atoms with E-state index in [-0.39, 0.29) is 24.5 Å². The predicted octanol–water partition coefficient (Wildman–Crippen LogP) is 5.87. The van der Waals surface area contributed by atoms with Crippen LogP contribution in [0.4, 0.5) is 9.18 Å².